The Morgan fingerprint density at radius 2 is 2.25 bits per heavy atom. The Morgan fingerprint density at radius 1 is 1.38 bits per heavy atom. The number of nitrogens with one attached hydrogen (secondary N) is 2. The Bertz CT molecular complexity index is 714. The van der Waals surface area contributed by atoms with Gasteiger partial charge in [-0.3, -0.25) is 4.79 Å². The lowest BCUT2D eigenvalue weighted by Gasteiger charge is -2.21. The van der Waals surface area contributed by atoms with Crippen molar-refractivity contribution in [1.82, 2.24) is 20.0 Å². The van der Waals surface area contributed by atoms with Crippen LogP contribution in [-0.2, 0) is 4.79 Å². The van der Waals surface area contributed by atoms with Gasteiger partial charge in [-0.05, 0) is 37.6 Å². The number of hydrogen-bond acceptors (Lipinski definition) is 3. The van der Waals surface area contributed by atoms with Crippen LogP contribution in [0, 0.1) is 0 Å². The molecule has 0 saturated carbocycles. The van der Waals surface area contributed by atoms with Crippen molar-refractivity contribution in [3.63, 3.8) is 0 Å². The van der Waals surface area contributed by atoms with E-state index in [9.17, 15) is 9.59 Å². The van der Waals surface area contributed by atoms with Crippen molar-refractivity contribution in [2.24, 2.45) is 0 Å². The number of amides is 3. The van der Waals surface area contributed by atoms with Gasteiger partial charge in [0.25, 0.3) is 0 Å². The molecule has 3 rings (SSSR count). The molecule has 3 amide bonds. The smallest absolute Gasteiger partial charge is 0.319 e. The molecule has 1 unspecified atom stereocenters. The number of carbonyl (C=O) groups excluding carboxylic acids is 2. The molecule has 2 heterocycles. The van der Waals surface area contributed by atoms with Gasteiger partial charge in [-0.15, -0.1) is 0 Å². The number of benzene rings is 1. The number of urea groups is 1. The lowest BCUT2D eigenvalue weighted by Crippen LogP contribution is -2.44. The zero-order valence-electron chi connectivity index (χ0n) is 13.6. The Labute approximate surface area is 140 Å². The largest absolute Gasteiger partial charge is 0.341 e. The van der Waals surface area contributed by atoms with Gasteiger partial charge in [0.1, 0.15) is 0 Å². The molecule has 1 aliphatic heterocycles. The van der Waals surface area contributed by atoms with Crippen LogP contribution < -0.4 is 10.6 Å². The van der Waals surface area contributed by atoms with Crippen molar-refractivity contribution in [3.8, 4) is 5.69 Å². The normalized spacial score (nSPS) is 15.4. The van der Waals surface area contributed by atoms with Crippen LogP contribution in [0.15, 0.2) is 42.7 Å². The number of anilines is 1. The summed E-state index contributed by atoms with van der Waals surface area (Å²) in [6, 6.07) is 8.89. The first kappa shape index (κ1) is 16.0. The fourth-order valence-electron chi connectivity index (χ4n) is 2.81. The Morgan fingerprint density at radius 3 is 2.96 bits per heavy atom. The lowest BCUT2D eigenvalue weighted by molar-refractivity contribution is -0.127. The van der Waals surface area contributed by atoms with Crippen LogP contribution in [0.3, 0.4) is 0 Å². The minimum Gasteiger partial charge on any atom is -0.341 e. The highest BCUT2D eigenvalue weighted by atomic mass is 16.2. The van der Waals surface area contributed by atoms with Gasteiger partial charge in [-0.1, -0.05) is 6.07 Å². The molecule has 1 aliphatic rings. The van der Waals surface area contributed by atoms with Gasteiger partial charge < -0.3 is 15.5 Å². The molecule has 1 aromatic heterocycles. The molecule has 7 nitrogen and oxygen atoms in total. The van der Waals surface area contributed by atoms with Crippen molar-refractivity contribution in [2.45, 2.75) is 25.8 Å². The third kappa shape index (κ3) is 3.92. The van der Waals surface area contributed by atoms with E-state index in [4.69, 9.17) is 0 Å². The van der Waals surface area contributed by atoms with Crippen LogP contribution in [0.4, 0.5) is 10.5 Å². The summed E-state index contributed by atoms with van der Waals surface area (Å²) in [4.78, 5) is 25.5. The fourth-order valence-corrected chi connectivity index (χ4v) is 2.81. The van der Waals surface area contributed by atoms with Crippen molar-refractivity contribution < 1.29 is 9.59 Å². The standard InChI is InChI=1S/C17H21N5O2/c1-13(12-21-9-3-7-16(21)23)19-17(24)20-14-5-2-6-15(11-14)22-10-4-8-18-22/h2,4-6,8,10-11,13H,3,7,9,12H2,1H3,(H2,19,20,24). The van der Waals surface area contributed by atoms with E-state index >= 15 is 0 Å². The molecule has 2 aromatic rings. The molecular weight excluding hydrogens is 306 g/mol. The third-order valence-corrected chi connectivity index (χ3v) is 3.92. The first-order valence-corrected chi connectivity index (χ1v) is 8.07. The summed E-state index contributed by atoms with van der Waals surface area (Å²) < 4.78 is 1.73. The molecule has 2 N–H and O–H groups in total. The number of rotatable bonds is 5. The molecule has 1 saturated heterocycles. The summed E-state index contributed by atoms with van der Waals surface area (Å²) in [5.41, 5.74) is 1.55. The SMILES string of the molecule is CC(CN1CCCC1=O)NC(=O)Nc1cccc(-n2cccn2)c1. The number of aromatic nitrogens is 2. The molecule has 1 aromatic carbocycles. The van der Waals surface area contributed by atoms with Crippen LogP contribution in [0.1, 0.15) is 19.8 Å². The average molecular weight is 327 g/mol. The van der Waals surface area contributed by atoms with Gasteiger partial charge in [0.15, 0.2) is 0 Å². The first-order valence-electron chi connectivity index (χ1n) is 8.07. The molecule has 0 aliphatic carbocycles. The van der Waals surface area contributed by atoms with Gasteiger partial charge in [-0.25, -0.2) is 9.48 Å². The molecule has 1 fully saturated rings. The van der Waals surface area contributed by atoms with E-state index in [0.717, 1.165) is 18.7 Å². The van der Waals surface area contributed by atoms with E-state index in [2.05, 4.69) is 15.7 Å². The van der Waals surface area contributed by atoms with E-state index in [-0.39, 0.29) is 18.0 Å². The number of hydrogen-bond donors (Lipinski definition) is 2. The summed E-state index contributed by atoms with van der Waals surface area (Å²) in [5, 5.41) is 9.85. The van der Waals surface area contributed by atoms with E-state index in [0.29, 0.717) is 18.7 Å². The first-order chi connectivity index (χ1) is 11.6. The summed E-state index contributed by atoms with van der Waals surface area (Å²) in [6.45, 7) is 3.21. The van der Waals surface area contributed by atoms with Crippen molar-refractivity contribution >= 4 is 17.6 Å². The highest BCUT2D eigenvalue weighted by molar-refractivity contribution is 5.89. The maximum atomic E-state index is 12.1. The monoisotopic (exact) mass is 327 g/mol. The van der Waals surface area contributed by atoms with Crippen LogP contribution in [-0.4, -0.2) is 45.8 Å². The Kier molecular flexibility index (Phi) is 4.79. The molecule has 0 radical (unpaired) electrons. The molecule has 7 heteroatoms. The summed E-state index contributed by atoms with van der Waals surface area (Å²) in [7, 11) is 0. The summed E-state index contributed by atoms with van der Waals surface area (Å²) in [6.07, 6.45) is 5.06. The predicted molar refractivity (Wildman–Crippen MR) is 91.0 cm³/mol. The van der Waals surface area contributed by atoms with Crippen molar-refractivity contribution in [2.75, 3.05) is 18.4 Å². The Balaban J connectivity index is 1.55. The number of carbonyl (C=O) groups is 2. The quantitative estimate of drug-likeness (QED) is 0.881. The second kappa shape index (κ2) is 7.16. The molecule has 24 heavy (non-hydrogen) atoms. The molecule has 0 spiro atoms. The van der Waals surface area contributed by atoms with Gasteiger partial charge in [0.2, 0.25) is 5.91 Å². The van der Waals surface area contributed by atoms with E-state index in [1.165, 1.54) is 0 Å². The topological polar surface area (TPSA) is 79.3 Å². The van der Waals surface area contributed by atoms with Crippen LogP contribution >= 0.6 is 0 Å². The molecule has 0 bridgehead atoms. The van der Waals surface area contributed by atoms with Gasteiger partial charge >= 0.3 is 6.03 Å². The summed E-state index contributed by atoms with van der Waals surface area (Å²) in [5.74, 6) is 0.163. The second-order valence-electron chi connectivity index (χ2n) is 5.94. The van der Waals surface area contributed by atoms with Crippen LogP contribution in [0.2, 0.25) is 0 Å². The number of nitrogens with zero attached hydrogens (tertiary/aromatic N) is 3. The van der Waals surface area contributed by atoms with E-state index in [1.54, 1.807) is 15.8 Å². The maximum Gasteiger partial charge on any atom is 0.319 e. The molecule has 126 valence electrons. The zero-order valence-corrected chi connectivity index (χ0v) is 13.6. The van der Waals surface area contributed by atoms with E-state index in [1.807, 2.05) is 43.5 Å². The minimum atomic E-state index is -0.285. The van der Waals surface area contributed by atoms with E-state index < -0.39 is 0 Å². The molecule has 1 atom stereocenters. The fraction of sp³-hybridized carbons (Fsp3) is 0.353. The zero-order chi connectivity index (χ0) is 16.9. The highest BCUT2D eigenvalue weighted by Crippen LogP contribution is 2.14. The Hall–Kier alpha value is -2.83. The van der Waals surface area contributed by atoms with Gasteiger partial charge in [0.05, 0.1) is 5.69 Å². The lowest BCUT2D eigenvalue weighted by atomic mass is 10.2. The van der Waals surface area contributed by atoms with Gasteiger partial charge in [0, 0.05) is 43.6 Å². The minimum absolute atomic E-state index is 0.110. The number of likely N-dealkylation sites (tertiary alicyclic amines) is 1. The molecular formula is C17H21N5O2. The predicted octanol–water partition coefficient (Wildman–Crippen LogP) is 2.00. The van der Waals surface area contributed by atoms with Gasteiger partial charge in [-0.2, -0.15) is 5.10 Å². The maximum absolute atomic E-state index is 12.1. The highest BCUT2D eigenvalue weighted by Gasteiger charge is 2.22. The average Bonchev–Trinajstić information content (AvgIpc) is 3.20. The third-order valence-electron chi connectivity index (χ3n) is 3.92. The van der Waals surface area contributed by atoms with Crippen molar-refractivity contribution in [1.29, 1.82) is 0 Å². The second-order valence-corrected chi connectivity index (χ2v) is 5.94. The summed E-state index contributed by atoms with van der Waals surface area (Å²) >= 11 is 0. The van der Waals surface area contributed by atoms with Crippen molar-refractivity contribution in [3.05, 3.63) is 42.7 Å². The van der Waals surface area contributed by atoms with Crippen LogP contribution in [0.25, 0.3) is 5.69 Å². The van der Waals surface area contributed by atoms with Crippen LogP contribution in [0.5, 0.6) is 0 Å².